The van der Waals surface area contributed by atoms with E-state index in [1.807, 2.05) is 11.0 Å². The number of piperidine rings is 1. The number of aromatic amines is 1. The Morgan fingerprint density at radius 2 is 2.00 bits per heavy atom. The molecule has 0 aliphatic carbocycles. The van der Waals surface area contributed by atoms with Crippen LogP contribution in [0.3, 0.4) is 0 Å². The number of para-hydroxylation sites is 1. The first kappa shape index (κ1) is 18.2. The van der Waals surface area contributed by atoms with Crippen LogP contribution in [-0.2, 0) is 16.0 Å². The quantitative estimate of drug-likeness (QED) is 0.864. The predicted molar refractivity (Wildman–Crippen MR) is 110 cm³/mol. The molecule has 1 spiro atoms. The average Bonchev–Trinajstić information content (AvgIpc) is 3.33. The van der Waals surface area contributed by atoms with Gasteiger partial charge in [0.2, 0.25) is 5.91 Å². The van der Waals surface area contributed by atoms with Crippen LogP contribution in [0.1, 0.15) is 44.1 Å². The summed E-state index contributed by atoms with van der Waals surface area (Å²) in [6, 6.07) is 8.94. The Bertz CT molecular complexity index is 833. The summed E-state index contributed by atoms with van der Waals surface area (Å²) in [6.45, 7) is 4.89. The zero-order valence-corrected chi connectivity index (χ0v) is 16.7. The van der Waals surface area contributed by atoms with Crippen molar-refractivity contribution in [3.8, 4) is 0 Å². The lowest BCUT2D eigenvalue weighted by molar-refractivity contribution is -0.157. The van der Waals surface area contributed by atoms with Crippen LogP contribution in [0.5, 0.6) is 0 Å². The number of likely N-dealkylation sites (tertiary alicyclic amines) is 2. The Labute approximate surface area is 167 Å². The van der Waals surface area contributed by atoms with Crippen molar-refractivity contribution in [1.82, 2.24) is 14.8 Å². The van der Waals surface area contributed by atoms with Crippen molar-refractivity contribution < 1.29 is 9.53 Å². The first-order valence-corrected chi connectivity index (χ1v) is 10.9. The molecule has 5 heteroatoms. The second-order valence-electron chi connectivity index (χ2n) is 8.91. The Morgan fingerprint density at radius 3 is 2.86 bits per heavy atom. The number of amides is 1. The van der Waals surface area contributed by atoms with Crippen molar-refractivity contribution in [3.05, 3.63) is 36.0 Å². The van der Waals surface area contributed by atoms with E-state index in [2.05, 4.69) is 34.3 Å². The minimum Gasteiger partial charge on any atom is -0.370 e. The molecule has 3 aliphatic rings. The normalized spacial score (nSPS) is 24.7. The Hall–Kier alpha value is -1.85. The lowest BCUT2D eigenvalue weighted by atomic mass is 9.88. The van der Waals surface area contributed by atoms with E-state index in [0.29, 0.717) is 12.5 Å². The van der Waals surface area contributed by atoms with Gasteiger partial charge in [0.1, 0.15) is 5.60 Å². The molecule has 0 bridgehead atoms. The van der Waals surface area contributed by atoms with Crippen molar-refractivity contribution >= 4 is 16.8 Å². The number of rotatable bonds is 5. The average molecular weight is 382 g/mol. The minimum absolute atomic E-state index is 0.0470. The molecule has 2 aromatic rings. The number of nitrogens with one attached hydrogen (secondary N) is 1. The van der Waals surface area contributed by atoms with Crippen LogP contribution in [-0.4, -0.2) is 65.1 Å². The molecular formula is C23H31N3O2. The Balaban J connectivity index is 1.08. The Kier molecular flexibility index (Phi) is 4.89. The van der Waals surface area contributed by atoms with Crippen molar-refractivity contribution in [2.24, 2.45) is 0 Å². The smallest absolute Gasteiger partial charge is 0.222 e. The molecule has 1 N–H and O–H groups in total. The van der Waals surface area contributed by atoms with Crippen molar-refractivity contribution in [1.29, 1.82) is 0 Å². The first-order valence-electron chi connectivity index (χ1n) is 10.9. The van der Waals surface area contributed by atoms with Gasteiger partial charge in [-0.2, -0.15) is 0 Å². The molecule has 1 aromatic heterocycles. The molecule has 28 heavy (non-hydrogen) atoms. The number of H-pyrrole nitrogens is 1. The van der Waals surface area contributed by atoms with E-state index in [0.717, 1.165) is 39.0 Å². The van der Waals surface area contributed by atoms with Crippen LogP contribution in [0.15, 0.2) is 30.5 Å². The van der Waals surface area contributed by atoms with Gasteiger partial charge in [-0.05, 0) is 56.8 Å². The molecule has 1 amide bonds. The van der Waals surface area contributed by atoms with Crippen LogP contribution in [0.25, 0.3) is 10.9 Å². The fourth-order valence-electron chi connectivity index (χ4n) is 5.31. The van der Waals surface area contributed by atoms with E-state index >= 15 is 0 Å². The maximum atomic E-state index is 12.6. The summed E-state index contributed by atoms with van der Waals surface area (Å²) in [5.74, 6) is 0.287. The summed E-state index contributed by atoms with van der Waals surface area (Å²) in [5.41, 5.74) is 2.44. The standard InChI is InChI=1S/C23H31N3O2/c27-22(10-6-7-18-14-24-21-9-3-2-8-20(18)21)26-16-23(17-26)13-19(15-28-23)25-11-4-1-5-12-25/h2-3,8-9,14,19,24H,1,4-7,10-13,15-17H2. The van der Waals surface area contributed by atoms with E-state index in [1.54, 1.807) is 0 Å². The second kappa shape index (κ2) is 7.53. The Morgan fingerprint density at radius 1 is 1.18 bits per heavy atom. The van der Waals surface area contributed by atoms with Crippen LogP contribution < -0.4 is 0 Å². The van der Waals surface area contributed by atoms with Crippen LogP contribution in [0.4, 0.5) is 0 Å². The largest absolute Gasteiger partial charge is 0.370 e. The lowest BCUT2D eigenvalue weighted by Gasteiger charge is -2.47. The van der Waals surface area contributed by atoms with Crippen molar-refractivity contribution in [3.63, 3.8) is 0 Å². The van der Waals surface area contributed by atoms with E-state index < -0.39 is 0 Å². The number of aromatic nitrogens is 1. The third kappa shape index (κ3) is 3.46. The number of hydrogen-bond acceptors (Lipinski definition) is 3. The molecule has 1 aromatic carbocycles. The number of carbonyl (C=O) groups excluding carboxylic acids is 1. The third-order valence-electron chi connectivity index (χ3n) is 6.92. The van der Waals surface area contributed by atoms with Gasteiger partial charge in [-0.3, -0.25) is 9.69 Å². The molecule has 0 radical (unpaired) electrons. The molecule has 3 aliphatic heterocycles. The maximum absolute atomic E-state index is 12.6. The van der Waals surface area contributed by atoms with E-state index in [4.69, 9.17) is 4.74 Å². The molecule has 0 saturated carbocycles. The van der Waals surface area contributed by atoms with Gasteiger partial charge in [-0.25, -0.2) is 0 Å². The number of nitrogens with zero attached hydrogens (tertiary/aromatic N) is 2. The van der Waals surface area contributed by atoms with Gasteiger partial charge in [-0.15, -0.1) is 0 Å². The molecule has 1 atom stereocenters. The lowest BCUT2D eigenvalue weighted by Crippen LogP contribution is -2.63. The highest BCUT2D eigenvalue weighted by Gasteiger charge is 2.52. The number of hydrogen-bond donors (Lipinski definition) is 1. The number of ether oxygens (including phenoxy) is 1. The van der Waals surface area contributed by atoms with E-state index in [1.165, 1.54) is 48.8 Å². The summed E-state index contributed by atoms with van der Waals surface area (Å²) >= 11 is 0. The van der Waals surface area contributed by atoms with Crippen LogP contribution in [0, 0.1) is 0 Å². The number of fused-ring (bicyclic) bond motifs is 1. The van der Waals surface area contributed by atoms with Gasteiger partial charge in [0.05, 0.1) is 19.7 Å². The zero-order chi connectivity index (χ0) is 19.0. The van der Waals surface area contributed by atoms with Gasteiger partial charge in [0, 0.05) is 29.6 Å². The SMILES string of the molecule is O=C(CCCc1c[nH]c2ccccc12)N1CC2(CC(N3CCCCC3)CO2)C1. The van der Waals surface area contributed by atoms with Gasteiger partial charge < -0.3 is 14.6 Å². The fraction of sp³-hybridized carbons (Fsp3) is 0.609. The van der Waals surface area contributed by atoms with E-state index in [9.17, 15) is 4.79 Å². The van der Waals surface area contributed by atoms with E-state index in [-0.39, 0.29) is 11.5 Å². The highest BCUT2D eigenvalue weighted by atomic mass is 16.5. The fourth-order valence-corrected chi connectivity index (χ4v) is 5.31. The van der Waals surface area contributed by atoms with Crippen molar-refractivity contribution in [2.45, 2.75) is 56.6 Å². The topological polar surface area (TPSA) is 48.6 Å². The summed E-state index contributed by atoms with van der Waals surface area (Å²) < 4.78 is 6.19. The van der Waals surface area contributed by atoms with Gasteiger partial charge in [-0.1, -0.05) is 24.6 Å². The predicted octanol–water partition coefficient (Wildman–Crippen LogP) is 3.35. The zero-order valence-electron chi connectivity index (χ0n) is 16.7. The molecule has 3 saturated heterocycles. The van der Waals surface area contributed by atoms with Gasteiger partial charge >= 0.3 is 0 Å². The highest BCUT2D eigenvalue weighted by Crippen LogP contribution is 2.38. The second-order valence-corrected chi connectivity index (χ2v) is 8.91. The monoisotopic (exact) mass is 381 g/mol. The number of carbonyl (C=O) groups is 1. The number of benzene rings is 1. The molecule has 4 heterocycles. The van der Waals surface area contributed by atoms with Gasteiger partial charge in [0.15, 0.2) is 0 Å². The maximum Gasteiger partial charge on any atom is 0.222 e. The molecule has 150 valence electrons. The summed E-state index contributed by atoms with van der Waals surface area (Å²) in [4.78, 5) is 20.5. The number of aryl methyl sites for hydroxylation is 1. The van der Waals surface area contributed by atoms with Crippen LogP contribution >= 0.6 is 0 Å². The van der Waals surface area contributed by atoms with Gasteiger partial charge in [0.25, 0.3) is 0 Å². The molecule has 3 fully saturated rings. The molecule has 5 nitrogen and oxygen atoms in total. The summed E-state index contributed by atoms with van der Waals surface area (Å²) in [5, 5.41) is 1.28. The molecule has 5 rings (SSSR count). The minimum atomic E-state index is -0.0470. The summed E-state index contributed by atoms with van der Waals surface area (Å²) in [6.07, 6.45) is 9.69. The van der Waals surface area contributed by atoms with Crippen LogP contribution in [0.2, 0.25) is 0 Å². The highest BCUT2D eigenvalue weighted by molar-refractivity contribution is 5.83. The summed E-state index contributed by atoms with van der Waals surface area (Å²) in [7, 11) is 0. The molecular weight excluding hydrogens is 350 g/mol. The third-order valence-corrected chi connectivity index (χ3v) is 6.92. The molecule has 1 unspecified atom stereocenters. The van der Waals surface area contributed by atoms with Crippen molar-refractivity contribution in [2.75, 3.05) is 32.8 Å². The first-order chi connectivity index (χ1) is 13.7.